The molecule has 28 heteroatoms. The van der Waals surface area contributed by atoms with Gasteiger partial charge in [0.25, 0.3) is 0 Å². The van der Waals surface area contributed by atoms with Crippen LogP contribution in [-0.4, -0.2) is 123 Å². The molecular weight excluding hydrogens is 1050 g/mol. The van der Waals surface area contributed by atoms with Crippen molar-refractivity contribution >= 4 is 69.1 Å². The first kappa shape index (κ1) is 65.8. The number of nitrogens with zero attached hydrogens (tertiary/aromatic N) is 4. The van der Waals surface area contributed by atoms with Crippen molar-refractivity contribution in [1.29, 1.82) is 0 Å². The van der Waals surface area contributed by atoms with Gasteiger partial charge in [-0.2, -0.15) is 4.31 Å². The molecule has 2 aromatic heterocycles. The van der Waals surface area contributed by atoms with E-state index in [1.165, 1.54) is 123 Å². The van der Waals surface area contributed by atoms with E-state index >= 15 is 0 Å². The molecule has 0 saturated carbocycles. The lowest BCUT2D eigenvalue weighted by molar-refractivity contribution is -0.137. The van der Waals surface area contributed by atoms with Crippen LogP contribution in [-0.2, 0) is 50.7 Å². The van der Waals surface area contributed by atoms with Gasteiger partial charge in [0.05, 0.1) is 19.5 Å². The molecule has 0 aromatic carbocycles. The Labute approximate surface area is 439 Å². The van der Waals surface area contributed by atoms with Gasteiger partial charge in [-0.1, -0.05) is 161 Å². The van der Waals surface area contributed by atoms with Gasteiger partial charge in [-0.05, 0) is 12.3 Å². The Kier molecular flexibility index (Phi) is 30.0. The van der Waals surface area contributed by atoms with Gasteiger partial charge in [-0.15, -0.1) is 0 Å². The molecule has 3 heterocycles. The van der Waals surface area contributed by atoms with Gasteiger partial charge in [0.1, 0.15) is 36.3 Å². The molecule has 24 nitrogen and oxygen atoms in total. The predicted octanol–water partition coefficient (Wildman–Crippen LogP) is 7.51. The average Bonchev–Trinajstić information content (AvgIpc) is 3.89. The number of amides is 2. The number of carbonyl (C=O) groups is 3. The van der Waals surface area contributed by atoms with E-state index < -0.39 is 84.6 Å². The molecule has 0 bridgehead atoms. The molecule has 2 amide bonds. The number of anilines is 1. The molecule has 0 spiro atoms. The van der Waals surface area contributed by atoms with Crippen molar-refractivity contribution in [1.82, 2.24) is 30.2 Å². The van der Waals surface area contributed by atoms with E-state index in [0.29, 0.717) is 12.2 Å². The molecule has 0 radical (unpaired) electrons. The first-order chi connectivity index (χ1) is 34.9. The fourth-order valence-electron chi connectivity index (χ4n) is 8.31. The predicted molar refractivity (Wildman–Crippen MR) is 279 cm³/mol. The summed E-state index contributed by atoms with van der Waals surface area (Å²) in [7, 11) is -16.4. The van der Waals surface area contributed by atoms with Crippen molar-refractivity contribution in [2.24, 2.45) is 11.3 Å². The van der Waals surface area contributed by atoms with E-state index in [9.17, 15) is 57.9 Å². The fourth-order valence-corrected chi connectivity index (χ4v) is 11.9. The third-order valence-electron chi connectivity index (χ3n) is 12.6. The number of hydrogen-bond donors (Lipinski definition) is 9. The van der Waals surface area contributed by atoms with Gasteiger partial charge >= 0.3 is 23.5 Å². The normalized spacial score (nSPS) is 19.8. The third-order valence-corrected chi connectivity index (χ3v) is 16.7. The minimum absolute atomic E-state index is 0.0345. The highest BCUT2D eigenvalue weighted by Gasteiger charge is 2.50. The van der Waals surface area contributed by atoms with Gasteiger partial charge < -0.3 is 50.9 Å². The zero-order valence-electron chi connectivity index (χ0n) is 43.5. The van der Waals surface area contributed by atoms with Crippen LogP contribution in [0.5, 0.6) is 0 Å². The number of hydrogen-bond acceptors (Lipinski definition) is 18. The van der Waals surface area contributed by atoms with E-state index in [2.05, 4.69) is 48.3 Å². The quantitative estimate of drug-likeness (QED) is 0.0230. The molecule has 8 unspecified atom stereocenters. The smallest absolute Gasteiger partial charge is 0.386 e. The van der Waals surface area contributed by atoms with Crippen LogP contribution in [0.3, 0.4) is 0 Å². The Hall–Kier alpha value is -2.44. The monoisotopic (exact) mass is 1130 g/mol. The minimum atomic E-state index is -5.58. The Balaban J connectivity index is 1.22. The van der Waals surface area contributed by atoms with E-state index in [-0.39, 0.29) is 41.6 Å². The van der Waals surface area contributed by atoms with E-state index in [1.54, 1.807) is 0 Å². The standard InChI is InChI=1S/C46H84N7O17P3S/c1-5-6-7-8-9-14-17-20-23-34(2)24-21-18-15-12-10-11-13-16-19-22-25-37(55)74-29-28-48-36(54)26-27-49-44(58)41(57)46(3,4)31-67-73(64,65)70-72(62,63)66-30-35-40(69-71(59,60)61)39(56)45(68-35)53-33-52-38-42(47)50-32-51-43(38)53/h32-35,39-41,45,56-57H,5-31H2,1-4H3,(H,48,54)(H,49,58)(H,62,63)(H,64,65)(H2,47,50,51)(H2,59,60,61). The first-order valence-electron chi connectivity index (χ1n) is 26.0. The highest BCUT2D eigenvalue weighted by molar-refractivity contribution is 8.13. The molecule has 1 aliphatic rings. The molecule has 426 valence electrons. The molecule has 10 N–H and O–H groups in total. The lowest BCUT2D eigenvalue weighted by Crippen LogP contribution is -2.46. The Morgan fingerprint density at radius 3 is 1.97 bits per heavy atom. The number of rotatable bonds is 41. The van der Waals surface area contributed by atoms with Crippen LogP contribution >= 0.6 is 35.2 Å². The highest BCUT2D eigenvalue weighted by atomic mass is 32.2. The van der Waals surface area contributed by atoms with E-state index in [0.717, 1.165) is 54.2 Å². The van der Waals surface area contributed by atoms with Gasteiger partial charge in [0.2, 0.25) is 11.8 Å². The Morgan fingerprint density at radius 1 is 0.811 bits per heavy atom. The Bertz CT molecular complexity index is 2140. The van der Waals surface area contributed by atoms with Crippen molar-refractivity contribution < 1.29 is 80.5 Å². The molecular formula is C46H84N7O17P3S. The van der Waals surface area contributed by atoms with Crippen molar-refractivity contribution in [3.63, 3.8) is 0 Å². The summed E-state index contributed by atoms with van der Waals surface area (Å²) in [4.78, 5) is 88.6. The highest BCUT2D eigenvalue weighted by Crippen LogP contribution is 2.61. The summed E-state index contributed by atoms with van der Waals surface area (Å²) in [5.74, 6) is -0.166. The second-order valence-electron chi connectivity index (χ2n) is 19.7. The lowest BCUT2D eigenvalue weighted by atomic mass is 9.87. The van der Waals surface area contributed by atoms with Gasteiger partial charge in [0, 0.05) is 37.1 Å². The lowest BCUT2D eigenvalue weighted by Gasteiger charge is -2.30. The maximum atomic E-state index is 12.8. The van der Waals surface area contributed by atoms with Crippen LogP contribution < -0.4 is 16.4 Å². The summed E-state index contributed by atoms with van der Waals surface area (Å²) in [5.41, 5.74) is 4.30. The molecule has 1 aliphatic heterocycles. The number of aliphatic hydroxyl groups is 2. The number of nitrogens with two attached hydrogens (primary N) is 1. The maximum Gasteiger partial charge on any atom is 0.481 e. The van der Waals surface area contributed by atoms with Gasteiger partial charge in [-0.3, -0.25) is 32.5 Å². The summed E-state index contributed by atoms with van der Waals surface area (Å²) in [6.07, 6.45) is 19.4. The number of fused-ring (bicyclic) bond motifs is 1. The zero-order chi connectivity index (χ0) is 54.8. The molecule has 2 aromatic rings. The number of imidazole rings is 1. The summed E-state index contributed by atoms with van der Waals surface area (Å²) in [6, 6.07) is 0. The van der Waals surface area contributed by atoms with Gasteiger partial charge in [-0.25, -0.2) is 28.6 Å². The number of aromatic nitrogens is 4. The van der Waals surface area contributed by atoms with Crippen LogP contribution in [0.1, 0.15) is 175 Å². The van der Waals surface area contributed by atoms with Crippen LogP contribution in [0.2, 0.25) is 0 Å². The molecule has 1 fully saturated rings. The number of thioether (sulfide) groups is 1. The van der Waals surface area contributed by atoms with E-state index in [1.807, 2.05) is 0 Å². The number of phosphoric acid groups is 3. The van der Waals surface area contributed by atoms with Crippen LogP contribution in [0.15, 0.2) is 12.7 Å². The zero-order valence-corrected chi connectivity index (χ0v) is 47.0. The van der Waals surface area contributed by atoms with Crippen molar-refractivity contribution in [3.05, 3.63) is 12.7 Å². The van der Waals surface area contributed by atoms with E-state index in [4.69, 9.17) is 19.5 Å². The molecule has 0 aliphatic carbocycles. The number of phosphoric ester groups is 3. The molecule has 3 rings (SSSR count). The number of nitrogen functional groups attached to an aromatic ring is 1. The molecule has 1 saturated heterocycles. The molecule has 8 atom stereocenters. The summed E-state index contributed by atoms with van der Waals surface area (Å²) < 4.78 is 62.6. The number of nitrogens with one attached hydrogen (secondary N) is 2. The number of ether oxygens (including phenoxy) is 1. The van der Waals surface area contributed by atoms with Gasteiger partial charge in [0.15, 0.2) is 22.8 Å². The minimum Gasteiger partial charge on any atom is -0.386 e. The summed E-state index contributed by atoms with van der Waals surface area (Å²) in [6.45, 7) is 5.27. The topological polar surface area (TPSA) is 364 Å². The molecule has 74 heavy (non-hydrogen) atoms. The average molecular weight is 1130 g/mol. The SMILES string of the molecule is CCCCCCCCCCC(C)CCCCCCCCCCCCC(=O)SCCNC(=O)CCNC(=O)C(O)C(C)(C)COP(=O)(O)OP(=O)(O)OCC1OC(n2cnc3c(N)ncnc32)C(O)C1OP(=O)(O)O. The summed E-state index contributed by atoms with van der Waals surface area (Å²) >= 11 is 1.16. The fraction of sp³-hybridized carbons (Fsp3) is 0.826. The largest absolute Gasteiger partial charge is 0.481 e. The number of aliphatic hydroxyl groups excluding tert-OH is 2. The van der Waals surface area contributed by atoms with Crippen molar-refractivity contribution in [2.45, 2.75) is 200 Å². The number of carbonyl (C=O) groups excluding carboxylic acids is 3. The summed E-state index contributed by atoms with van der Waals surface area (Å²) in [5, 5.41) is 26.7. The first-order valence-corrected chi connectivity index (χ1v) is 31.5. The maximum absolute atomic E-state index is 12.8. The second-order valence-corrected chi connectivity index (χ2v) is 25.1. The number of unbranched alkanes of at least 4 members (excludes halogenated alkanes) is 16. The third kappa shape index (κ3) is 25.8. The van der Waals surface area contributed by atoms with Crippen LogP contribution in [0.4, 0.5) is 5.82 Å². The second kappa shape index (κ2) is 33.8. The van der Waals surface area contributed by atoms with Crippen molar-refractivity contribution in [3.8, 4) is 0 Å². The van der Waals surface area contributed by atoms with Crippen LogP contribution in [0, 0.1) is 11.3 Å². The van der Waals surface area contributed by atoms with Crippen LogP contribution in [0.25, 0.3) is 11.2 Å². The van der Waals surface area contributed by atoms with Crippen molar-refractivity contribution in [2.75, 3.05) is 37.8 Å². The Morgan fingerprint density at radius 2 is 1.38 bits per heavy atom.